The zero-order valence-electron chi connectivity index (χ0n) is 12.7. The maximum atomic E-state index is 5.93. The second-order valence-corrected chi connectivity index (χ2v) is 6.61. The highest BCUT2D eigenvalue weighted by Crippen LogP contribution is 2.44. The lowest BCUT2D eigenvalue weighted by atomic mass is 10.2. The van der Waals surface area contributed by atoms with Crippen LogP contribution in [-0.2, 0) is 4.74 Å². The minimum Gasteiger partial charge on any atom is -0.372 e. The first kappa shape index (κ1) is 15.2. The van der Waals surface area contributed by atoms with Gasteiger partial charge in [-0.2, -0.15) is 0 Å². The first-order chi connectivity index (χ1) is 10.2. The van der Waals surface area contributed by atoms with E-state index >= 15 is 0 Å². The molecule has 0 spiro atoms. The van der Waals surface area contributed by atoms with Gasteiger partial charge < -0.3 is 10.1 Å². The maximum absolute atomic E-state index is 5.93. The summed E-state index contributed by atoms with van der Waals surface area (Å²) in [5, 5.41) is 3.17. The van der Waals surface area contributed by atoms with Crippen molar-refractivity contribution in [1.29, 1.82) is 0 Å². The van der Waals surface area contributed by atoms with E-state index in [1.165, 1.54) is 19.3 Å². The molecule has 21 heavy (non-hydrogen) atoms. The molecule has 116 valence electrons. The van der Waals surface area contributed by atoms with Gasteiger partial charge in [-0.15, -0.1) is 0 Å². The van der Waals surface area contributed by atoms with E-state index in [0.29, 0.717) is 5.92 Å². The second kappa shape index (κ2) is 6.58. The summed E-state index contributed by atoms with van der Waals surface area (Å²) in [6.45, 7) is 5.99. The minimum absolute atomic E-state index is 0.0111. The molecule has 0 radical (unpaired) electrons. The lowest BCUT2D eigenvalue weighted by Gasteiger charge is -2.32. The molecule has 5 nitrogen and oxygen atoms in total. The van der Waals surface area contributed by atoms with Gasteiger partial charge in [0.05, 0.1) is 16.8 Å². The van der Waals surface area contributed by atoms with E-state index in [1.54, 1.807) is 0 Å². The maximum Gasteiger partial charge on any atom is 0.161 e. The highest BCUT2D eigenvalue weighted by Gasteiger charge is 2.31. The van der Waals surface area contributed by atoms with E-state index in [1.807, 2.05) is 7.05 Å². The van der Waals surface area contributed by atoms with Crippen molar-refractivity contribution in [1.82, 2.24) is 14.9 Å². The van der Waals surface area contributed by atoms with Crippen LogP contribution in [0.3, 0.4) is 0 Å². The fraction of sp³-hybridized carbons (Fsp3) is 0.733. The molecule has 1 aliphatic carbocycles. The zero-order chi connectivity index (χ0) is 14.8. The summed E-state index contributed by atoms with van der Waals surface area (Å²) in [5.74, 6) is 2.28. The Bertz CT molecular complexity index is 505. The SMILES string of the molecule is CCCN1CCOC(c2nc(NC)c(Br)c(C3CC3)n2)C1. The molecule has 1 saturated heterocycles. The average Bonchev–Trinajstić information content (AvgIpc) is 3.33. The third-order valence-corrected chi connectivity index (χ3v) is 4.86. The molecule has 2 aliphatic rings. The summed E-state index contributed by atoms with van der Waals surface area (Å²) >= 11 is 3.64. The number of nitrogens with zero attached hydrogens (tertiary/aromatic N) is 3. The van der Waals surface area contributed by atoms with Crippen LogP contribution in [0.25, 0.3) is 0 Å². The molecule has 1 N–H and O–H groups in total. The normalized spacial score (nSPS) is 23.3. The molecule has 2 heterocycles. The average molecular weight is 355 g/mol. The molecule has 2 fully saturated rings. The van der Waals surface area contributed by atoms with Crippen molar-refractivity contribution in [2.45, 2.75) is 38.2 Å². The molecule has 0 aromatic carbocycles. The van der Waals surface area contributed by atoms with Gasteiger partial charge in [0.15, 0.2) is 5.82 Å². The second-order valence-electron chi connectivity index (χ2n) is 5.81. The number of morpholine rings is 1. The van der Waals surface area contributed by atoms with Crippen molar-refractivity contribution in [2.24, 2.45) is 0 Å². The summed E-state index contributed by atoms with van der Waals surface area (Å²) in [4.78, 5) is 11.9. The van der Waals surface area contributed by atoms with E-state index in [9.17, 15) is 0 Å². The van der Waals surface area contributed by atoms with E-state index in [0.717, 1.165) is 48.1 Å². The molecule has 6 heteroatoms. The first-order valence-corrected chi connectivity index (χ1v) is 8.61. The molecular weight excluding hydrogens is 332 g/mol. The Kier molecular flexibility index (Phi) is 4.76. The van der Waals surface area contributed by atoms with E-state index in [-0.39, 0.29) is 6.10 Å². The Labute approximate surface area is 134 Å². The van der Waals surface area contributed by atoms with Gasteiger partial charge in [-0.05, 0) is 41.7 Å². The van der Waals surface area contributed by atoms with Gasteiger partial charge in [-0.3, -0.25) is 4.90 Å². The fourth-order valence-corrected chi connectivity index (χ4v) is 3.50. The standard InChI is InChI=1S/C15H23BrN4O/c1-3-6-20-7-8-21-11(9-20)14-18-13(10-4-5-10)12(16)15(17-2)19-14/h10-11H,3-9H2,1-2H3,(H,17,18,19). The third-order valence-electron chi connectivity index (χ3n) is 4.07. The summed E-state index contributed by atoms with van der Waals surface area (Å²) in [6, 6.07) is 0. The van der Waals surface area contributed by atoms with E-state index < -0.39 is 0 Å². The number of nitrogens with one attached hydrogen (secondary N) is 1. The van der Waals surface area contributed by atoms with Crippen LogP contribution in [0, 0.1) is 0 Å². The number of rotatable bonds is 5. The van der Waals surface area contributed by atoms with Crippen LogP contribution < -0.4 is 5.32 Å². The molecule has 1 atom stereocenters. The van der Waals surface area contributed by atoms with E-state index in [4.69, 9.17) is 9.72 Å². The number of anilines is 1. The summed E-state index contributed by atoms with van der Waals surface area (Å²) in [5.41, 5.74) is 1.14. The Hall–Kier alpha value is -0.720. The van der Waals surface area contributed by atoms with Gasteiger partial charge in [-0.1, -0.05) is 6.92 Å². The van der Waals surface area contributed by atoms with Gasteiger partial charge in [0.25, 0.3) is 0 Å². The first-order valence-electron chi connectivity index (χ1n) is 7.82. The van der Waals surface area contributed by atoms with Crippen LogP contribution in [-0.4, -0.2) is 48.2 Å². The highest BCUT2D eigenvalue weighted by molar-refractivity contribution is 9.10. The van der Waals surface area contributed by atoms with Crippen molar-refractivity contribution < 1.29 is 4.74 Å². The monoisotopic (exact) mass is 354 g/mol. The Morgan fingerprint density at radius 2 is 2.19 bits per heavy atom. The van der Waals surface area contributed by atoms with Crippen LogP contribution in [0.4, 0.5) is 5.82 Å². The molecule has 3 rings (SSSR count). The predicted octanol–water partition coefficient (Wildman–Crippen LogP) is 2.94. The van der Waals surface area contributed by atoms with Gasteiger partial charge in [0.1, 0.15) is 11.9 Å². The number of halogens is 1. The summed E-state index contributed by atoms with van der Waals surface area (Å²) in [7, 11) is 1.90. The highest BCUT2D eigenvalue weighted by atomic mass is 79.9. The Morgan fingerprint density at radius 3 is 2.86 bits per heavy atom. The van der Waals surface area contributed by atoms with Crippen LogP contribution in [0.5, 0.6) is 0 Å². The molecule has 1 saturated carbocycles. The molecule has 0 amide bonds. The molecule has 1 aliphatic heterocycles. The third kappa shape index (κ3) is 3.38. The van der Waals surface area contributed by atoms with Gasteiger partial charge in [-0.25, -0.2) is 9.97 Å². The number of aromatic nitrogens is 2. The van der Waals surface area contributed by atoms with Crippen molar-refractivity contribution >= 4 is 21.7 Å². The van der Waals surface area contributed by atoms with Gasteiger partial charge in [0.2, 0.25) is 0 Å². The number of hydrogen-bond acceptors (Lipinski definition) is 5. The number of ether oxygens (including phenoxy) is 1. The molecular formula is C15H23BrN4O. The summed E-state index contributed by atoms with van der Waals surface area (Å²) < 4.78 is 6.94. The van der Waals surface area contributed by atoms with Crippen LogP contribution in [0.15, 0.2) is 4.47 Å². The lowest BCUT2D eigenvalue weighted by molar-refractivity contribution is -0.0342. The molecule has 1 unspecified atom stereocenters. The van der Waals surface area contributed by atoms with Crippen molar-refractivity contribution in [2.75, 3.05) is 38.6 Å². The quantitative estimate of drug-likeness (QED) is 0.880. The van der Waals surface area contributed by atoms with Gasteiger partial charge >= 0.3 is 0 Å². The van der Waals surface area contributed by atoms with Crippen molar-refractivity contribution in [3.8, 4) is 0 Å². The molecule has 1 aromatic rings. The van der Waals surface area contributed by atoms with Crippen molar-refractivity contribution in [3.63, 3.8) is 0 Å². The molecule has 1 aromatic heterocycles. The van der Waals surface area contributed by atoms with Gasteiger partial charge in [0, 0.05) is 26.1 Å². The fourth-order valence-electron chi connectivity index (χ4n) is 2.80. The van der Waals surface area contributed by atoms with E-state index in [2.05, 4.69) is 38.1 Å². The summed E-state index contributed by atoms with van der Waals surface area (Å²) in [6.07, 6.45) is 3.61. The predicted molar refractivity (Wildman–Crippen MR) is 86.7 cm³/mol. The smallest absolute Gasteiger partial charge is 0.161 e. The van der Waals surface area contributed by atoms with Crippen molar-refractivity contribution in [3.05, 3.63) is 16.0 Å². The number of hydrogen-bond donors (Lipinski definition) is 1. The molecule has 0 bridgehead atoms. The zero-order valence-corrected chi connectivity index (χ0v) is 14.3. The minimum atomic E-state index is -0.0111. The van der Waals surface area contributed by atoms with Crippen LogP contribution >= 0.6 is 15.9 Å². The largest absolute Gasteiger partial charge is 0.372 e. The Balaban J connectivity index is 1.85. The lowest BCUT2D eigenvalue weighted by Crippen LogP contribution is -2.39. The topological polar surface area (TPSA) is 50.3 Å². The van der Waals surface area contributed by atoms with Crippen LogP contribution in [0.2, 0.25) is 0 Å². The Morgan fingerprint density at radius 1 is 1.38 bits per heavy atom. The van der Waals surface area contributed by atoms with Crippen LogP contribution in [0.1, 0.15) is 49.7 Å².